The summed E-state index contributed by atoms with van der Waals surface area (Å²) in [6.07, 6.45) is 3.63. The maximum atomic E-state index is 13.9. The van der Waals surface area contributed by atoms with Gasteiger partial charge in [-0.05, 0) is 43.9 Å². The molecule has 0 spiro atoms. The molecule has 1 aromatic heterocycles. The lowest BCUT2D eigenvalue weighted by atomic mass is 10.2. The van der Waals surface area contributed by atoms with Crippen molar-refractivity contribution < 1.29 is 13.5 Å². The Labute approximate surface area is 173 Å². The lowest BCUT2D eigenvalue weighted by Gasteiger charge is -2.26. The van der Waals surface area contributed by atoms with Crippen LogP contribution in [0.3, 0.4) is 0 Å². The van der Waals surface area contributed by atoms with Crippen LogP contribution in [0, 0.1) is 11.6 Å². The minimum Gasteiger partial charge on any atom is -0.379 e. The largest absolute Gasteiger partial charge is 0.379 e. The van der Waals surface area contributed by atoms with E-state index in [-0.39, 0.29) is 11.4 Å². The highest BCUT2D eigenvalue weighted by molar-refractivity contribution is 7.98. The number of ether oxygens (including phenoxy) is 1. The lowest BCUT2D eigenvalue weighted by Crippen LogP contribution is -2.37. The van der Waals surface area contributed by atoms with Gasteiger partial charge in [0.25, 0.3) is 0 Å². The maximum Gasteiger partial charge on any atom is 0.348 e. The third-order valence-corrected chi connectivity index (χ3v) is 6.60. The van der Waals surface area contributed by atoms with Crippen molar-refractivity contribution in [3.05, 3.63) is 57.1 Å². The highest BCUT2D eigenvalue weighted by Gasteiger charge is 2.22. The molecule has 1 aliphatic carbocycles. The van der Waals surface area contributed by atoms with Crippen LogP contribution < -0.4 is 5.69 Å². The molecule has 5 nitrogen and oxygen atoms in total. The number of hydrogen-bond donors (Lipinski definition) is 0. The van der Waals surface area contributed by atoms with Gasteiger partial charge in [-0.3, -0.25) is 9.47 Å². The molecule has 0 atom stereocenters. The summed E-state index contributed by atoms with van der Waals surface area (Å²) in [6.45, 7) is 5.04. The van der Waals surface area contributed by atoms with Gasteiger partial charge in [-0.2, -0.15) is 4.98 Å². The van der Waals surface area contributed by atoms with E-state index in [9.17, 15) is 13.6 Å². The van der Waals surface area contributed by atoms with Gasteiger partial charge in [-0.15, -0.1) is 11.8 Å². The number of nitrogens with zero attached hydrogens (tertiary/aromatic N) is 3. The Hall–Kier alpha value is -1.77. The second-order valence-corrected chi connectivity index (χ2v) is 8.43. The van der Waals surface area contributed by atoms with E-state index in [2.05, 4.69) is 9.88 Å². The molecule has 2 aliphatic rings. The number of rotatable bonds is 7. The summed E-state index contributed by atoms with van der Waals surface area (Å²) in [5, 5.41) is 0.663. The molecule has 0 N–H and O–H groups in total. The Morgan fingerprint density at radius 2 is 1.97 bits per heavy atom. The van der Waals surface area contributed by atoms with Gasteiger partial charge in [0, 0.05) is 48.8 Å². The van der Waals surface area contributed by atoms with Gasteiger partial charge in [0.05, 0.1) is 13.2 Å². The zero-order valence-corrected chi connectivity index (χ0v) is 17.1. The Morgan fingerprint density at radius 1 is 1.14 bits per heavy atom. The van der Waals surface area contributed by atoms with Crippen LogP contribution in [0.4, 0.5) is 8.78 Å². The van der Waals surface area contributed by atoms with Gasteiger partial charge in [0.1, 0.15) is 16.7 Å². The van der Waals surface area contributed by atoms with Crippen molar-refractivity contribution in [2.45, 2.75) is 43.0 Å². The molecule has 29 heavy (non-hydrogen) atoms. The molecule has 156 valence electrons. The highest BCUT2D eigenvalue weighted by atomic mass is 32.2. The fourth-order valence-electron chi connectivity index (χ4n) is 4.01. The summed E-state index contributed by atoms with van der Waals surface area (Å²) in [7, 11) is 0. The van der Waals surface area contributed by atoms with Gasteiger partial charge < -0.3 is 4.74 Å². The second-order valence-electron chi connectivity index (χ2n) is 7.46. The first-order chi connectivity index (χ1) is 14.1. The number of halogens is 2. The fourth-order valence-corrected chi connectivity index (χ4v) is 5.06. The molecular weight excluding hydrogens is 396 g/mol. The molecule has 2 aromatic rings. The summed E-state index contributed by atoms with van der Waals surface area (Å²) < 4.78 is 34.5. The van der Waals surface area contributed by atoms with Crippen molar-refractivity contribution in [3.63, 3.8) is 0 Å². The number of benzene rings is 1. The number of morpholine rings is 1. The quantitative estimate of drug-likeness (QED) is 0.508. The van der Waals surface area contributed by atoms with Gasteiger partial charge in [-0.25, -0.2) is 13.6 Å². The van der Waals surface area contributed by atoms with Crippen molar-refractivity contribution in [2.75, 3.05) is 32.8 Å². The zero-order chi connectivity index (χ0) is 20.2. The molecule has 0 radical (unpaired) electrons. The molecule has 1 fully saturated rings. The molecule has 0 saturated carbocycles. The van der Waals surface area contributed by atoms with Crippen LogP contribution in [0.2, 0.25) is 0 Å². The van der Waals surface area contributed by atoms with Crippen molar-refractivity contribution in [1.82, 2.24) is 14.5 Å². The predicted octanol–water partition coefficient (Wildman–Crippen LogP) is 3.02. The van der Waals surface area contributed by atoms with Crippen molar-refractivity contribution >= 4 is 11.8 Å². The number of thioether (sulfide) groups is 1. The molecule has 1 aliphatic heterocycles. The van der Waals surface area contributed by atoms with Crippen LogP contribution in [-0.2, 0) is 29.9 Å². The first-order valence-electron chi connectivity index (χ1n) is 10.1. The molecule has 2 heterocycles. The molecule has 1 saturated heterocycles. The minimum atomic E-state index is -0.462. The molecule has 8 heteroatoms. The van der Waals surface area contributed by atoms with Gasteiger partial charge in [0.15, 0.2) is 0 Å². The van der Waals surface area contributed by atoms with E-state index in [4.69, 9.17) is 4.74 Å². The second kappa shape index (κ2) is 9.36. The van der Waals surface area contributed by atoms with Crippen molar-refractivity contribution in [2.24, 2.45) is 0 Å². The Kier molecular flexibility index (Phi) is 6.62. The average Bonchev–Trinajstić information content (AvgIpc) is 3.21. The zero-order valence-electron chi connectivity index (χ0n) is 16.3. The first-order valence-corrected chi connectivity index (χ1v) is 11.1. The topological polar surface area (TPSA) is 47.4 Å². The highest BCUT2D eigenvalue weighted by Crippen LogP contribution is 2.31. The first kappa shape index (κ1) is 20.5. The van der Waals surface area contributed by atoms with E-state index < -0.39 is 11.6 Å². The van der Waals surface area contributed by atoms with E-state index in [1.54, 1.807) is 0 Å². The van der Waals surface area contributed by atoms with Crippen LogP contribution in [0.1, 0.15) is 29.7 Å². The lowest BCUT2D eigenvalue weighted by molar-refractivity contribution is 0.0368. The molecule has 1 aromatic carbocycles. The average molecular weight is 422 g/mol. The molecule has 4 rings (SSSR count). The summed E-state index contributed by atoms with van der Waals surface area (Å²) in [4.78, 5) is 19.3. The Morgan fingerprint density at radius 3 is 2.79 bits per heavy atom. The summed E-state index contributed by atoms with van der Waals surface area (Å²) in [5.41, 5.74) is 2.21. The molecule has 0 amide bonds. The molecular formula is C21H25F2N3O2S. The van der Waals surface area contributed by atoms with E-state index >= 15 is 0 Å². The Bertz CT molecular complexity index is 929. The molecule has 0 bridgehead atoms. The van der Waals surface area contributed by atoms with E-state index in [1.807, 2.05) is 4.57 Å². The van der Waals surface area contributed by atoms with Crippen LogP contribution >= 0.6 is 11.8 Å². The third kappa shape index (κ3) is 4.87. The van der Waals surface area contributed by atoms with Gasteiger partial charge in [-0.1, -0.05) is 0 Å². The number of fused-ring (bicyclic) bond motifs is 1. The Balaban J connectivity index is 1.46. The summed E-state index contributed by atoms with van der Waals surface area (Å²) in [5.74, 6) is -0.647. The van der Waals surface area contributed by atoms with Crippen molar-refractivity contribution in [1.29, 1.82) is 0 Å². The van der Waals surface area contributed by atoms with Gasteiger partial charge >= 0.3 is 5.69 Å². The van der Waals surface area contributed by atoms with Gasteiger partial charge in [0.2, 0.25) is 0 Å². The smallest absolute Gasteiger partial charge is 0.348 e. The predicted molar refractivity (Wildman–Crippen MR) is 108 cm³/mol. The van der Waals surface area contributed by atoms with Crippen LogP contribution in [-0.4, -0.2) is 47.3 Å². The normalized spacial score (nSPS) is 16.9. The van der Waals surface area contributed by atoms with E-state index in [0.717, 1.165) is 81.9 Å². The van der Waals surface area contributed by atoms with Crippen LogP contribution in [0.25, 0.3) is 0 Å². The van der Waals surface area contributed by atoms with E-state index in [1.165, 1.54) is 17.8 Å². The summed E-state index contributed by atoms with van der Waals surface area (Å²) >= 11 is 1.32. The number of aromatic nitrogens is 2. The number of hydrogen-bond acceptors (Lipinski definition) is 5. The SMILES string of the molecule is O=c1nc(SCc2cc(F)ccc2F)c2c(n1CCCN1CCOCC1)CCC2. The minimum absolute atomic E-state index is 0.241. The van der Waals surface area contributed by atoms with E-state index in [0.29, 0.717) is 17.1 Å². The van der Waals surface area contributed by atoms with Crippen LogP contribution in [0.5, 0.6) is 0 Å². The monoisotopic (exact) mass is 421 g/mol. The standard InChI is InChI=1S/C21H25F2N3O2S/c22-16-5-6-18(23)15(13-16)14-29-20-17-3-1-4-19(17)26(21(27)24-20)8-2-7-25-9-11-28-12-10-25/h5-6,13H,1-4,7-12,14H2. The summed E-state index contributed by atoms with van der Waals surface area (Å²) in [6, 6.07) is 3.45. The maximum absolute atomic E-state index is 13.9. The third-order valence-electron chi connectivity index (χ3n) is 5.53. The van der Waals surface area contributed by atoms with Crippen molar-refractivity contribution in [3.8, 4) is 0 Å². The van der Waals surface area contributed by atoms with Crippen LogP contribution in [0.15, 0.2) is 28.0 Å². The molecule has 0 unspecified atom stereocenters. The fraction of sp³-hybridized carbons (Fsp3) is 0.524.